The summed E-state index contributed by atoms with van der Waals surface area (Å²) in [5.41, 5.74) is 4.63. The van der Waals surface area contributed by atoms with Crippen molar-refractivity contribution >= 4 is 23.6 Å². The SMILES string of the molecule is C1=Nc2ccccc2C1=C/C=C/c1ccccc1. The zero-order valence-corrected chi connectivity index (χ0v) is 9.95. The van der Waals surface area contributed by atoms with Crippen molar-refractivity contribution in [3.8, 4) is 0 Å². The number of hydrogen-bond donors (Lipinski definition) is 0. The molecule has 0 spiro atoms. The lowest BCUT2D eigenvalue weighted by Crippen LogP contribution is -1.77. The van der Waals surface area contributed by atoms with Gasteiger partial charge in [0.25, 0.3) is 0 Å². The molecule has 1 aliphatic heterocycles. The van der Waals surface area contributed by atoms with Crippen LogP contribution in [-0.2, 0) is 0 Å². The van der Waals surface area contributed by atoms with E-state index in [2.05, 4.69) is 41.4 Å². The van der Waals surface area contributed by atoms with Crippen LogP contribution in [0.1, 0.15) is 11.1 Å². The molecule has 0 saturated carbocycles. The minimum atomic E-state index is 1.05. The molecule has 0 N–H and O–H groups in total. The van der Waals surface area contributed by atoms with Crippen molar-refractivity contribution in [1.82, 2.24) is 0 Å². The molecule has 0 aromatic heterocycles. The number of allylic oxidation sites excluding steroid dienone is 3. The molecular weight excluding hydrogens is 218 g/mol. The average Bonchev–Trinajstić information content (AvgIpc) is 2.84. The van der Waals surface area contributed by atoms with Gasteiger partial charge in [-0.25, -0.2) is 0 Å². The third kappa shape index (κ3) is 2.16. The van der Waals surface area contributed by atoms with Gasteiger partial charge in [-0.15, -0.1) is 0 Å². The van der Waals surface area contributed by atoms with Crippen LogP contribution in [0.2, 0.25) is 0 Å². The molecule has 0 bridgehead atoms. The van der Waals surface area contributed by atoms with Gasteiger partial charge in [-0.05, 0) is 11.6 Å². The fourth-order valence-electron chi connectivity index (χ4n) is 2.00. The van der Waals surface area contributed by atoms with Crippen molar-refractivity contribution < 1.29 is 0 Å². The van der Waals surface area contributed by atoms with Crippen LogP contribution in [0.4, 0.5) is 5.69 Å². The number of rotatable bonds is 2. The second kappa shape index (κ2) is 4.84. The largest absolute Gasteiger partial charge is 0.256 e. The second-order valence-electron chi connectivity index (χ2n) is 4.17. The van der Waals surface area contributed by atoms with Crippen molar-refractivity contribution in [2.75, 3.05) is 0 Å². The molecular formula is C17H13N. The fraction of sp³-hybridized carbons (Fsp3) is 0. The molecule has 0 unspecified atom stereocenters. The van der Waals surface area contributed by atoms with Crippen molar-refractivity contribution in [3.05, 3.63) is 77.9 Å². The molecule has 1 heteroatoms. The lowest BCUT2D eigenvalue weighted by atomic mass is 10.1. The normalized spacial score (nSPS) is 15.4. The number of benzene rings is 2. The van der Waals surface area contributed by atoms with Gasteiger partial charge in [0.05, 0.1) is 5.69 Å². The Labute approximate surface area is 107 Å². The molecule has 0 saturated heterocycles. The first-order valence-electron chi connectivity index (χ1n) is 6.00. The first kappa shape index (κ1) is 10.7. The minimum Gasteiger partial charge on any atom is -0.256 e. The van der Waals surface area contributed by atoms with Crippen molar-refractivity contribution in [1.29, 1.82) is 0 Å². The van der Waals surface area contributed by atoms with E-state index in [1.807, 2.05) is 42.6 Å². The van der Waals surface area contributed by atoms with E-state index >= 15 is 0 Å². The first-order chi connectivity index (χ1) is 8.93. The molecule has 3 rings (SSSR count). The molecule has 0 atom stereocenters. The third-order valence-corrected chi connectivity index (χ3v) is 2.92. The molecule has 86 valence electrons. The van der Waals surface area contributed by atoms with Crippen LogP contribution in [0, 0.1) is 0 Å². The highest BCUT2D eigenvalue weighted by molar-refractivity contribution is 6.16. The average molecular weight is 231 g/mol. The summed E-state index contributed by atoms with van der Waals surface area (Å²) < 4.78 is 0. The standard InChI is InChI=1S/C17H13N/c1-2-7-14(8-3-1)9-6-10-15-13-18-17-12-5-4-11-16(15)17/h1-13H/b9-6+,15-10?. The van der Waals surface area contributed by atoms with E-state index in [0.717, 1.165) is 11.3 Å². The van der Waals surface area contributed by atoms with Crippen molar-refractivity contribution in [2.45, 2.75) is 0 Å². The highest BCUT2D eigenvalue weighted by Crippen LogP contribution is 2.30. The summed E-state index contributed by atoms with van der Waals surface area (Å²) >= 11 is 0. The topological polar surface area (TPSA) is 12.4 Å². The summed E-state index contributed by atoms with van der Waals surface area (Å²) in [5, 5.41) is 0. The van der Waals surface area contributed by atoms with Crippen molar-refractivity contribution in [2.24, 2.45) is 4.99 Å². The van der Waals surface area contributed by atoms with Crippen LogP contribution in [-0.4, -0.2) is 6.21 Å². The maximum absolute atomic E-state index is 4.38. The molecule has 1 heterocycles. The van der Waals surface area contributed by atoms with Gasteiger partial charge in [0.2, 0.25) is 0 Å². The summed E-state index contributed by atoms with van der Waals surface area (Å²) in [4.78, 5) is 4.38. The Morgan fingerprint density at radius 2 is 1.61 bits per heavy atom. The zero-order chi connectivity index (χ0) is 12.2. The van der Waals surface area contributed by atoms with Gasteiger partial charge in [0.1, 0.15) is 0 Å². The quantitative estimate of drug-likeness (QED) is 0.721. The molecule has 0 amide bonds. The van der Waals surface area contributed by atoms with Gasteiger partial charge in [0.15, 0.2) is 0 Å². The lowest BCUT2D eigenvalue weighted by molar-refractivity contribution is 1.55. The van der Waals surface area contributed by atoms with Gasteiger partial charge in [-0.1, -0.05) is 66.8 Å². The molecule has 2 aromatic carbocycles. The van der Waals surface area contributed by atoms with Crippen LogP contribution < -0.4 is 0 Å². The Morgan fingerprint density at radius 1 is 0.833 bits per heavy atom. The van der Waals surface area contributed by atoms with E-state index in [1.54, 1.807) is 0 Å². The smallest absolute Gasteiger partial charge is 0.0708 e. The second-order valence-corrected chi connectivity index (χ2v) is 4.17. The van der Waals surface area contributed by atoms with Gasteiger partial charge >= 0.3 is 0 Å². The van der Waals surface area contributed by atoms with Crippen LogP contribution in [0.3, 0.4) is 0 Å². The molecule has 1 nitrogen and oxygen atoms in total. The zero-order valence-electron chi connectivity index (χ0n) is 9.95. The van der Waals surface area contributed by atoms with Crippen LogP contribution in [0.15, 0.2) is 71.7 Å². The Kier molecular flexibility index (Phi) is 2.89. The molecule has 1 aliphatic rings. The molecule has 0 fully saturated rings. The highest BCUT2D eigenvalue weighted by atomic mass is 14.7. The van der Waals surface area contributed by atoms with Gasteiger partial charge in [0, 0.05) is 17.4 Å². The summed E-state index contributed by atoms with van der Waals surface area (Å²) in [5.74, 6) is 0. The number of para-hydroxylation sites is 1. The summed E-state index contributed by atoms with van der Waals surface area (Å²) in [6.07, 6.45) is 8.18. The molecule has 0 radical (unpaired) electrons. The van der Waals surface area contributed by atoms with E-state index in [1.165, 1.54) is 11.1 Å². The monoisotopic (exact) mass is 231 g/mol. The van der Waals surface area contributed by atoms with Crippen molar-refractivity contribution in [3.63, 3.8) is 0 Å². The van der Waals surface area contributed by atoms with Gasteiger partial charge < -0.3 is 0 Å². The van der Waals surface area contributed by atoms with E-state index < -0.39 is 0 Å². The third-order valence-electron chi connectivity index (χ3n) is 2.92. The number of aliphatic imine (C=N–C) groups is 1. The summed E-state index contributed by atoms with van der Waals surface area (Å²) in [6, 6.07) is 18.5. The van der Waals surface area contributed by atoms with Crippen LogP contribution >= 0.6 is 0 Å². The van der Waals surface area contributed by atoms with E-state index in [0.29, 0.717) is 0 Å². The fourth-order valence-corrected chi connectivity index (χ4v) is 2.00. The number of hydrogen-bond acceptors (Lipinski definition) is 1. The minimum absolute atomic E-state index is 1.05. The maximum atomic E-state index is 4.38. The predicted molar refractivity (Wildman–Crippen MR) is 78.0 cm³/mol. The van der Waals surface area contributed by atoms with E-state index in [4.69, 9.17) is 0 Å². The van der Waals surface area contributed by atoms with E-state index in [-0.39, 0.29) is 0 Å². The first-order valence-corrected chi connectivity index (χ1v) is 6.00. The Balaban J connectivity index is 1.84. The Morgan fingerprint density at radius 3 is 2.50 bits per heavy atom. The molecule has 0 aliphatic carbocycles. The predicted octanol–water partition coefficient (Wildman–Crippen LogP) is 4.50. The Hall–Kier alpha value is -2.41. The Bertz CT molecular complexity index is 634. The van der Waals surface area contributed by atoms with Crippen LogP contribution in [0.5, 0.6) is 0 Å². The van der Waals surface area contributed by atoms with Gasteiger partial charge in [-0.3, -0.25) is 4.99 Å². The molecule has 2 aromatic rings. The summed E-state index contributed by atoms with van der Waals surface area (Å²) in [6.45, 7) is 0. The van der Waals surface area contributed by atoms with E-state index in [9.17, 15) is 0 Å². The maximum Gasteiger partial charge on any atom is 0.0708 e. The lowest BCUT2D eigenvalue weighted by Gasteiger charge is -1.96. The van der Waals surface area contributed by atoms with Crippen LogP contribution in [0.25, 0.3) is 11.6 Å². The number of nitrogens with zero attached hydrogens (tertiary/aromatic N) is 1. The number of fused-ring (bicyclic) bond motifs is 1. The highest BCUT2D eigenvalue weighted by Gasteiger charge is 2.08. The molecule has 18 heavy (non-hydrogen) atoms. The van der Waals surface area contributed by atoms with Gasteiger partial charge in [-0.2, -0.15) is 0 Å². The summed E-state index contributed by atoms with van der Waals surface area (Å²) in [7, 11) is 0.